The molecule has 0 spiro atoms. The van der Waals surface area contributed by atoms with E-state index in [4.69, 9.17) is 0 Å². The van der Waals surface area contributed by atoms with Crippen molar-refractivity contribution in [3.05, 3.63) is 35.9 Å². The predicted molar refractivity (Wildman–Crippen MR) is 93.8 cm³/mol. The number of amides is 2. The number of nitrogens with one attached hydrogen (secondary N) is 1. The van der Waals surface area contributed by atoms with Gasteiger partial charge < -0.3 is 5.32 Å². The van der Waals surface area contributed by atoms with Crippen LogP contribution in [0.25, 0.3) is 0 Å². The monoisotopic (exact) mass is 381 g/mol. The maximum absolute atomic E-state index is 14.1. The fraction of sp³-hybridized carbons (Fsp3) is 0.526. The van der Waals surface area contributed by atoms with E-state index in [1.54, 1.807) is 30.3 Å². The zero-order valence-electron chi connectivity index (χ0n) is 15.2. The van der Waals surface area contributed by atoms with Crippen molar-refractivity contribution < 1.29 is 22.8 Å². The molecule has 27 heavy (non-hydrogen) atoms. The molecule has 1 aromatic carbocycles. The van der Waals surface area contributed by atoms with Gasteiger partial charge in [-0.1, -0.05) is 57.0 Å². The van der Waals surface area contributed by atoms with Crippen molar-refractivity contribution in [2.45, 2.75) is 57.4 Å². The van der Waals surface area contributed by atoms with Crippen LogP contribution >= 0.6 is 0 Å². The van der Waals surface area contributed by atoms with Gasteiger partial charge in [-0.05, 0) is 12.8 Å². The molecule has 1 aliphatic heterocycles. The Hall–Kier alpha value is -2.38. The molecule has 146 valence electrons. The van der Waals surface area contributed by atoms with Crippen LogP contribution in [0.5, 0.6) is 0 Å². The molecule has 1 unspecified atom stereocenters. The van der Waals surface area contributed by atoms with Gasteiger partial charge >= 0.3 is 11.8 Å². The summed E-state index contributed by atoms with van der Waals surface area (Å²) in [6, 6.07) is 7.97. The number of nitrogens with zero attached hydrogens (tertiary/aromatic N) is 2. The Morgan fingerprint density at radius 3 is 2.33 bits per heavy atom. The molecule has 1 aromatic rings. The summed E-state index contributed by atoms with van der Waals surface area (Å²) >= 11 is 0. The summed E-state index contributed by atoms with van der Waals surface area (Å²) in [4.78, 5) is 30.2. The van der Waals surface area contributed by atoms with Crippen molar-refractivity contribution in [1.82, 2.24) is 10.2 Å². The maximum Gasteiger partial charge on any atom is 0.442 e. The Bertz CT molecular complexity index is 755. The molecule has 3 rings (SSSR count). The second-order valence-electron chi connectivity index (χ2n) is 7.27. The SMILES string of the molecule is CC(C)C(=O)NC1(C(F)(F)F)N=C(c2ccccc2)N(C2CCCC2)C1=O. The van der Waals surface area contributed by atoms with Crippen molar-refractivity contribution in [3.63, 3.8) is 0 Å². The van der Waals surface area contributed by atoms with Crippen LogP contribution in [0.3, 0.4) is 0 Å². The zero-order valence-corrected chi connectivity index (χ0v) is 15.2. The first-order chi connectivity index (χ1) is 12.7. The molecule has 2 aliphatic rings. The van der Waals surface area contributed by atoms with Crippen LogP contribution in [0.4, 0.5) is 13.2 Å². The summed E-state index contributed by atoms with van der Waals surface area (Å²) in [5.41, 5.74) is -2.86. The summed E-state index contributed by atoms with van der Waals surface area (Å²) < 4.78 is 42.2. The van der Waals surface area contributed by atoms with E-state index in [0.29, 0.717) is 18.4 Å². The number of alkyl halides is 3. The molecule has 0 bridgehead atoms. The van der Waals surface area contributed by atoms with E-state index in [2.05, 4.69) is 4.99 Å². The third-order valence-electron chi connectivity index (χ3n) is 4.99. The topological polar surface area (TPSA) is 61.8 Å². The van der Waals surface area contributed by atoms with Crippen LogP contribution in [-0.2, 0) is 9.59 Å². The first kappa shape index (κ1) is 19.4. The van der Waals surface area contributed by atoms with E-state index in [9.17, 15) is 22.8 Å². The molecule has 8 heteroatoms. The maximum atomic E-state index is 14.1. The second kappa shape index (κ2) is 6.98. The van der Waals surface area contributed by atoms with Crippen molar-refractivity contribution >= 4 is 17.6 Å². The smallest absolute Gasteiger partial charge is 0.316 e. The highest BCUT2D eigenvalue weighted by atomic mass is 19.4. The summed E-state index contributed by atoms with van der Waals surface area (Å²) in [6.45, 7) is 2.94. The number of halogens is 3. The lowest BCUT2D eigenvalue weighted by Crippen LogP contribution is -2.64. The van der Waals surface area contributed by atoms with Gasteiger partial charge in [-0.25, -0.2) is 4.99 Å². The normalized spacial score (nSPS) is 23.9. The van der Waals surface area contributed by atoms with Crippen LogP contribution in [-0.4, -0.2) is 40.4 Å². The molecule has 1 N–H and O–H groups in total. The van der Waals surface area contributed by atoms with Gasteiger partial charge in [0.1, 0.15) is 5.84 Å². The molecule has 1 atom stereocenters. The Kier molecular flexibility index (Phi) is 5.01. The Balaban J connectivity index is 2.13. The van der Waals surface area contributed by atoms with Gasteiger partial charge in [0, 0.05) is 17.5 Å². The number of amidine groups is 1. The lowest BCUT2D eigenvalue weighted by Gasteiger charge is -2.31. The number of hydrogen-bond acceptors (Lipinski definition) is 3. The third kappa shape index (κ3) is 3.33. The summed E-state index contributed by atoms with van der Waals surface area (Å²) in [7, 11) is 0. The van der Waals surface area contributed by atoms with E-state index >= 15 is 0 Å². The van der Waals surface area contributed by atoms with Gasteiger partial charge in [0.15, 0.2) is 0 Å². The highest BCUT2D eigenvalue weighted by Crippen LogP contribution is 2.41. The Morgan fingerprint density at radius 1 is 1.22 bits per heavy atom. The average Bonchev–Trinajstić information content (AvgIpc) is 3.22. The fourth-order valence-electron chi connectivity index (χ4n) is 3.48. The van der Waals surface area contributed by atoms with Gasteiger partial charge in [-0.2, -0.15) is 13.2 Å². The summed E-state index contributed by atoms with van der Waals surface area (Å²) in [5.74, 6) is -2.85. The first-order valence-corrected chi connectivity index (χ1v) is 9.05. The molecule has 1 fully saturated rings. The molecule has 1 aliphatic carbocycles. The quantitative estimate of drug-likeness (QED) is 0.870. The zero-order chi connectivity index (χ0) is 19.8. The van der Waals surface area contributed by atoms with Gasteiger partial charge in [-0.15, -0.1) is 0 Å². The van der Waals surface area contributed by atoms with Crippen LogP contribution in [0.2, 0.25) is 0 Å². The Labute approximate surface area is 155 Å². The van der Waals surface area contributed by atoms with Crippen LogP contribution < -0.4 is 5.32 Å². The van der Waals surface area contributed by atoms with Crippen molar-refractivity contribution in [1.29, 1.82) is 0 Å². The van der Waals surface area contributed by atoms with E-state index in [-0.39, 0.29) is 11.9 Å². The van der Waals surface area contributed by atoms with Gasteiger partial charge in [0.2, 0.25) is 5.91 Å². The van der Waals surface area contributed by atoms with Gasteiger partial charge in [0.05, 0.1) is 0 Å². The minimum Gasteiger partial charge on any atom is -0.316 e. The van der Waals surface area contributed by atoms with E-state index < -0.39 is 29.6 Å². The highest BCUT2D eigenvalue weighted by Gasteiger charge is 2.67. The minimum atomic E-state index is -5.05. The molecular weight excluding hydrogens is 359 g/mol. The number of carbonyl (C=O) groups excluding carboxylic acids is 2. The highest BCUT2D eigenvalue weighted by molar-refractivity contribution is 6.16. The number of aliphatic imine (C=N–C) groups is 1. The molecule has 5 nitrogen and oxygen atoms in total. The minimum absolute atomic E-state index is 0.0334. The number of carbonyl (C=O) groups is 2. The molecule has 0 aromatic heterocycles. The van der Waals surface area contributed by atoms with Crippen molar-refractivity contribution in [2.75, 3.05) is 0 Å². The fourth-order valence-corrected chi connectivity index (χ4v) is 3.48. The lowest BCUT2D eigenvalue weighted by molar-refractivity contribution is -0.201. The average molecular weight is 381 g/mol. The summed E-state index contributed by atoms with van der Waals surface area (Å²) in [6.07, 6.45) is -2.14. The van der Waals surface area contributed by atoms with Crippen molar-refractivity contribution in [2.24, 2.45) is 10.9 Å². The van der Waals surface area contributed by atoms with E-state index in [1.165, 1.54) is 13.8 Å². The van der Waals surface area contributed by atoms with E-state index in [1.807, 2.05) is 5.32 Å². The van der Waals surface area contributed by atoms with Gasteiger partial charge in [0.25, 0.3) is 5.91 Å². The second-order valence-corrected chi connectivity index (χ2v) is 7.27. The third-order valence-corrected chi connectivity index (χ3v) is 4.99. The standard InChI is InChI=1S/C19H22F3N3O2/c1-12(2)16(26)24-18(19(20,21)22)17(27)25(14-10-6-7-11-14)15(23-18)13-8-4-3-5-9-13/h3-5,8-9,12,14H,6-7,10-11H2,1-2H3,(H,24,26). The molecule has 1 saturated carbocycles. The molecule has 2 amide bonds. The van der Waals surface area contributed by atoms with Crippen LogP contribution in [0.1, 0.15) is 45.1 Å². The number of rotatable bonds is 4. The lowest BCUT2D eigenvalue weighted by atomic mass is 10.1. The van der Waals surface area contributed by atoms with Crippen LogP contribution in [0, 0.1) is 5.92 Å². The summed E-state index contributed by atoms with van der Waals surface area (Å²) in [5, 5.41) is 1.89. The number of hydrogen-bond donors (Lipinski definition) is 1. The Morgan fingerprint density at radius 2 is 1.81 bits per heavy atom. The molecule has 0 radical (unpaired) electrons. The molecular formula is C19H22F3N3O2. The number of benzene rings is 1. The van der Waals surface area contributed by atoms with Crippen LogP contribution in [0.15, 0.2) is 35.3 Å². The van der Waals surface area contributed by atoms with Crippen molar-refractivity contribution in [3.8, 4) is 0 Å². The van der Waals surface area contributed by atoms with Gasteiger partial charge in [-0.3, -0.25) is 14.5 Å². The largest absolute Gasteiger partial charge is 0.442 e. The predicted octanol–water partition coefficient (Wildman–Crippen LogP) is 3.25. The molecule has 1 heterocycles. The molecule has 0 saturated heterocycles. The van der Waals surface area contributed by atoms with E-state index in [0.717, 1.165) is 17.7 Å². The first-order valence-electron chi connectivity index (χ1n) is 9.05.